The summed E-state index contributed by atoms with van der Waals surface area (Å²) in [5.41, 5.74) is 3.74. The molecule has 0 fully saturated rings. The maximum Gasteiger partial charge on any atom is 0.227 e. The molecule has 0 radical (unpaired) electrons. The summed E-state index contributed by atoms with van der Waals surface area (Å²) in [6, 6.07) is 14.0. The number of alkyl halides is 1. The number of hydrogen-bond donors (Lipinski definition) is 1. The standard InChI is InChI=1S/C23H26Cl2N4OS/c1-15-7-5-6-8-17(15)13-31-22-28-27-20(12-26-21(30)23(3,4)14-24)29(22)19-11-18(25)10-9-16(19)2/h5-11H,12-14H2,1-4H3,(H,26,30). The number of carbonyl (C=O) groups excluding carboxylic acids is 1. The van der Waals surface area contributed by atoms with Crippen molar-refractivity contribution in [3.8, 4) is 5.69 Å². The summed E-state index contributed by atoms with van der Waals surface area (Å²) in [7, 11) is 0. The van der Waals surface area contributed by atoms with Gasteiger partial charge >= 0.3 is 0 Å². The van der Waals surface area contributed by atoms with E-state index in [0.29, 0.717) is 10.8 Å². The average molecular weight is 477 g/mol. The maximum atomic E-state index is 12.5. The Labute approximate surface area is 197 Å². The van der Waals surface area contributed by atoms with Crippen molar-refractivity contribution in [2.24, 2.45) is 5.41 Å². The number of nitrogens with zero attached hydrogens (tertiary/aromatic N) is 3. The lowest BCUT2D eigenvalue weighted by Crippen LogP contribution is -2.38. The fourth-order valence-corrected chi connectivity index (χ4v) is 4.27. The zero-order valence-electron chi connectivity index (χ0n) is 18.1. The fourth-order valence-electron chi connectivity index (χ4n) is 2.95. The maximum absolute atomic E-state index is 12.5. The molecule has 0 aliphatic carbocycles. The second kappa shape index (κ2) is 10.1. The van der Waals surface area contributed by atoms with Crippen LogP contribution in [0.1, 0.15) is 36.4 Å². The average Bonchev–Trinajstić information content (AvgIpc) is 3.15. The van der Waals surface area contributed by atoms with Crippen molar-refractivity contribution in [1.29, 1.82) is 0 Å². The van der Waals surface area contributed by atoms with E-state index in [-0.39, 0.29) is 18.3 Å². The van der Waals surface area contributed by atoms with E-state index in [1.165, 1.54) is 11.1 Å². The highest BCUT2D eigenvalue weighted by Crippen LogP contribution is 2.29. The van der Waals surface area contributed by atoms with Crippen molar-refractivity contribution in [2.75, 3.05) is 5.88 Å². The van der Waals surface area contributed by atoms with Gasteiger partial charge in [0.15, 0.2) is 11.0 Å². The van der Waals surface area contributed by atoms with Crippen molar-refractivity contribution in [3.05, 3.63) is 70.0 Å². The van der Waals surface area contributed by atoms with Crippen LogP contribution in [-0.4, -0.2) is 26.6 Å². The molecule has 0 aliphatic rings. The number of amides is 1. The molecule has 0 atom stereocenters. The molecule has 31 heavy (non-hydrogen) atoms. The molecule has 1 N–H and O–H groups in total. The van der Waals surface area contributed by atoms with E-state index >= 15 is 0 Å². The van der Waals surface area contributed by atoms with E-state index in [0.717, 1.165) is 22.2 Å². The highest BCUT2D eigenvalue weighted by atomic mass is 35.5. The van der Waals surface area contributed by atoms with Gasteiger partial charge in [0.05, 0.1) is 17.6 Å². The van der Waals surface area contributed by atoms with E-state index in [2.05, 4.69) is 34.6 Å². The minimum Gasteiger partial charge on any atom is -0.348 e. The van der Waals surface area contributed by atoms with Gasteiger partial charge in [0.2, 0.25) is 5.91 Å². The summed E-state index contributed by atoms with van der Waals surface area (Å²) in [4.78, 5) is 12.5. The Bertz CT molecular complexity index is 1080. The monoisotopic (exact) mass is 476 g/mol. The Morgan fingerprint density at radius 1 is 1.13 bits per heavy atom. The van der Waals surface area contributed by atoms with Crippen molar-refractivity contribution >= 4 is 40.9 Å². The van der Waals surface area contributed by atoms with Gasteiger partial charge in [0, 0.05) is 16.7 Å². The lowest BCUT2D eigenvalue weighted by molar-refractivity contribution is -0.128. The van der Waals surface area contributed by atoms with Crippen molar-refractivity contribution in [1.82, 2.24) is 20.1 Å². The number of carbonyl (C=O) groups is 1. The van der Waals surface area contributed by atoms with Crippen LogP contribution < -0.4 is 5.32 Å². The lowest BCUT2D eigenvalue weighted by Gasteiger charge is -2.20. The van der Waals surface area contributed by atoms with Gasteiger partial charge < -0.3 is 5.32 Å². The van der Waals surface area contributed by atoms with E-state index in [9.17, 15) is 4.79 Å². The van der Waals surface area contributed by atoms with Crippen LogP contribution in [0.2, 0.25) is 5.02 Å². The summed E-state index contributed by atoms with van der Waals surface area (Å²) in [6.45, 7) is 7.97. The molecule has 0 saturated carbocycles. The molecular weight excluding hydrogens is 451 g/mol. The SMILES string of the molecule is Cc1ccccc1CSc1nnc(CNC(=O)C(C)(C)CCl)n1-c1cc(Cl)ccc1C. The Hall–Kier alpha value is -2.02. The van der Waals surface area contributed by atoms with Crippen LogP contribution in [0.4, 0.5) is 0 Å². The van der Waals surface area contributed by atoms with Gasteiger partial charge in [0.1, 0.15) is 0 Å². The van der Waals surface area contributed by atoms with Crippen LogP contribution in [0.3, 0.4) is 0 Å². The molecule has 0 unspecified atom stereocenters. The van der Waals surface area contributed by atoms with Gasteiger partial charge in [-0.15, -0.1) is 21.8 Å². The number of aryl methyl sites for hydroxylation is 2. The molecule has 0 bridgehead atoms. The van der Waals surface area contributed by atoms with E-state index in [1.807, 2.05) is 55.7 Å². The number of thioether (sulfide) groups is 1. The molecule has 0 spiro atoms. The molecule has 8 heteroatoms. The topological polar surface area (TPSA) is 59.8 Å². The summed E-state index contributed by atoms with van der Waals surface area (Å²) in [6.07, 6.45) is 0. The van der Waals surface area contributed by atoms with Crippen LogP contribution in [0.5, 0.6) is 0 Å². The molecule has 1 aromatic heterocycles. The van der Waals surface area contributed by atoms with Crippen LogP contribution in [0, 0.1) is 19.3 Å². The molecule has 164 valence electrons. The molecule has 3 rings (SSSR count). The summed E-state index contributed by atoms with van der Waals surface area (Å²) >= 11 is 13.8. The lowest BCUT2D eigenvalue weighted by atomic mass is 9.95. The van der Waals surface area contributed by atoms with Crippen LogP contribution in [0.15, 0.2) is 47.6 Å². The third-order valence-electron chi connectivity index (χ3n) is 5.09. The Morgan fingerprint density at radius 2 is 1.87 bits per heavy atom. The molecule has 0 aliphatic heterocycles. The van der Waals surface area contributed by atoms with Crippen LogP contribution in [0.25, 0.3) is 5.69 Å². The number of benzene rings is 2. The summed E-state index contributed by atoms with van der Waals surface area (Å²) < 4.78 is 1.97. The smallest absolute Gasteiger partial charge is 0.227 e. The molecular formula is C23H26Cl2N4OS. The van der Waals surface area contributed by atoms with Gasteiger partial charge in [-0.1, -0.05) is 53.7 Å². The number of aromatic nitrogens is 3. The highest BCUT2D eigenvalue weighted by Gasteiger charge is 2.27. The number of hydrogen-bond acceptors (Lipinski definition) is 4. The first-order valence-corrected chi connectivity index (χ1v) is 11.8. The summed E-state index contributed by atoms with van der Waals surface area (Å²) in [5.74, 6) is 1.50. The van der Waals surface area contributed by atoms with Crippen LogP contribution in [-0.2, 0) is 17.1 Å². The number of nitrogens with one attached hydrogen (secondary N) is 1. The predicted octanol–water partition coefficient (Wildman–Crippen LogP) is 5.71. The molecule has 1 heterocycles. The molecule has 5 nitrogen and oxygen atoms in total. The minimum atomic E-state index is -0.666. The van der Waals surface area contributed by atoms with Gasteiger partial charge in [-0.2, -0.15) is 0 Å². The first-order chi connectivity index (χ1) is 14.7. The molecule has 0 saturated heterocycles. The molecule has 2 aromatic carbocycles. The second-order valence-electron chi connectivity index (χ2n) is 8.08. The first-order valence-electron chi connectivity index (χ1n) is 9.95. The first kappa shape index (κ1) is 23.6. The van der Waals surface area contributed by atoms with Gasteiger partial charge in [-0.05, 0) is 56.5 Å². The number of halogens is 2. The van der Waals surface area contributed by atoms with Gasteiger partial charge in [0.25, 0.3) is 0 Å². The van der Waals surface area contributed by atoms with Gasteiger partial charge in [-0.25, -0.2) is 0 Å². The largest absolute Gasteiger partial charge is 0.348 e. The van der Waals surface area contributed by atoms with E-state index < -0.39 is 5.41 Å². The Kier molecular flexibility index (Phi) is 7.68. The predicted molar refractivity (Wildman–Crippen MR) is 128 cm³/mol. The third-order valence-corrected chi connectivity index (χ3v) is 6.97. The minimum absolute atomic E-state index is 0.131. The fraction of sp³-hybridized carbons (Fsp3) is 0.348. The zero-order chi connectivity index (χ0) is 22.6. The molecule has 3 aromatic rings. The van der Waals surface area contributed by atoms with E-state index in [4.69, 9.17) is 23.2 Å². The quantitative estimate of drug-likeness (QED) is 0.334. The zero-order valence-corrected chi connectivity index (χ0v) is 20.4. The second-order valence-corrected chi connectivity index (χ2v) is 9.73. The van der Waals surface area contributed by atoms with Crippen molar-refractivity contribution in [3.63, 3.8) is 0 Å². The Morgan fingerprint density at radius 3 is 2.58 bits per heavy atom. The van der Waals surface area contributed by atoms with Crippen LogP contribution >= 0.6 is 35.0 Å². The number of rotatable bonds is 8. The van der Waals surface area contributed by atoms with Crippen molar-refractivity contribution < 1.29 is 4.79 Å². The summed E-state index contributed by atoms with van der Waals surface area (Å²) in [5, 5.41) is 13.1. The van der Waals surface area contributed by atoms with Crippen molar-refractivity contribution in [2.45, 2.75) is 45.1 Å². The Balaban J connectivity index is 1.93. The highest BCUT2D eigenvalue weighted by molar-refractivity contribution is 7.98. The van der Waals surface area contributed by atoms with E-state index in [1.54, 1.807) is 11.8 Å². The third kappa shape index (κ3) is 5.62. The normalized spacial score (nSPS) is 11.5. The molecule has 1 amide bonds. The van der Waals surface area contributed by atoms with Gasteiger partial charge in [-0.3, -0.25) is 9.36 Å².